The van der Waals surface area contributed by atoms with Crippen LogP contribution in [0.2, 0.25) is 5.02 Å². The Morgan fingerprint density at radius 2 is 2.21 bits per heavy atom. The van der Waals surface area contributed by atoms with E-state index in [4.69, 9.17) is 17.3 Å². The number of nitrogens with zero attached hydrogens (tertiary/aromatic N) is 1. The molecule has 1 aliphatic heterocycles. The molecule has 2 aliphatic rings. The summed E-state index contributed by atoms with van der Waals surface area (Å²) in [5.74, 6) is -0.156. The molecule has 1 aromatic rings. The number of amides is 1. The number of nitrogens with two attached hydrogens (primary N) is 1. The highest BCUT2D eigenvalue weighted by Gasteiger charge is 2.33. The van der Waals surface area contributed by atoms with Gasteiger partial charge in [0, 0.05) is 23.8 Å². The molecular weight excluding hydrogens is 262 g/mol. The summed E-state index contributed by atoms with van der Waals surface area (Å²) in [6.07, 6.45) is 3.52. The van der Waals surface area contributed by atoms with E-state index in [0.717, 1.165) is 29.9 Å². The molecule has 19 heavy (non-hydrogen) atoms. The first kappa shape index (κ1) is 12.8. The van der Waals surface area contributed by atoms with E-state index in [-0.39, 0.29) is 5.91 Å². The minimum Gasteiger partial charge on any atom is -0.367 e. The van der Waals surface area contributed by atoms with Crippen molar-refractivity contribution in [2.24, 2.45) is 5.73 Å². The maximum absolute atomic E-state index is 11.6. The molecule has 0 aromatic heterocycles. The molecule has 102 valence electrons. The zero-order chi connectivity index (χ0) is 13.6. The summed E-state index contributed by atoms with van der Waals surface area (Å²) < 4.78 is 0. The molecule has 1 aliphatic carbocycles. The molecule has 1 atom stereocenters. The molecule has 0 spiro atoms. The third-order valence-corrected chi connectivity index (χ3v) is 4.06. The second-order valence-electron chi connectivity index (χ2n) is 5.28. The predicted octanol–water partition coefficient (Wildman–Crippen LogP) is 2.67. The number of halogens is 1. The Kier molecular flexibility index (Phi) is 3.15. The fourth-order valence-electron chi connectivity index (χ4n) is 2.64. The van der Waals surface area contributed by atoms with E-state index >= 15 is 0 Å². The smallest absolute Gasteiger partial charge is 0.245 e. The van der Waals surface area contributed by atoms with Gasteiger partial charge in [-0.2, -0.15) is 0 Å². The number of fused-ring (bicyclic) bond motifs is 1. The summed E-state index contributed by atoms with van der Waals surface area (Å²) in [6.45, 7) is 3.15. The monoisotopic (exact) mass is 279 g/mol. The number of carbonyl (C=O) groups is 1. The highest BCUT2D eigenvalue weighted by Crippen LogP contribution is 2.41. The second-order valence-corrected chi connectivity index (χ2v) is 5.69. The fraction of sp³-hybridized carbons (Fsp3) is 0.500. The number of hydrogen-bond donors (Lipinski definition) is 2. The summed E-state index contributed by atoms with van der Waals surface area (Å²) in [5.41, 5.74) is 8.45. The van der Waals surface area contributed by atoms with Crippen molar-refractivity contribution in [3.05, 3.63) is 22.7 Å². The van der Waals surface area contributed by atoms with Crippen LogP contribution in [0.15, 0.2) is 12.1 Å². The SMILES string of the molecule is CCCN(c1cc2c(cc1Cl)C(N)C(=O)N2)C1CC1. The number of anilines is 2. The van der Waals surface area contributed by atoms with Gasteiger partial charge in [0.1, 0.15) is 6.04 Å². The van der Waals surface area contributed by atoms with Crippen LogP contribution >= 0.6 is 11.6 Å². The maximum atomic E-state index is 11.6. The van der Waals surface area contributed by atoms with Gasteiger partial charge in [0.05, 0.1) is 10.7 Å². The van der Waals surface area contributed by atoms with Gasteiger partial charge in [-0.05, 0) is 31.4 Å². The van der Waals surface area contributed by atoms with E-state index in [1.54, 1.807) is 0 Å². The molecule has 4 nitrogen and oxygen atoms in total. The molecule has 5 heteroatoms. The minimum absolute atomic E-state index is 0.156. The summed E-state index contributed by atoms with van der Waals surface area (Å²) in [7, 11) is 0. The normalized spacial score (nSPS) is 21.2. The van der Waals surface area contributed by atoms with Gasteiger partial charge in [0.2, 0.25) is 5.91 Å². The topological polar surface area (TPSA) is 58.4 Å². The highest BCUT2D eigenvalue weighted by atomic mass is 35.5. The molecule has 3 N–H and O–H groups in total. The van der Waals surface area contributed by atoms with Gasteiger partial charge in [-0.1, -0.05) is 18.5 Å². The maximum Gasteiger partial charge on any atom is 0.245 e. The Bertz CT molecular complexity index is 528. The largest absolute Gasteiger partial charge is 0.367 e. The van der Waals surface area contributed by atoms with Crippen LogP contribution in [-0.4, -0.2) is 18.5 Å². The molecule has 0 bridgehead atoms. The van der Waals surface area contributed by atoms with Gasteiger partial charge in [-0.25, -0.2) is 0 Å². The molecule has 1 heterocycles. The van der Waals surface area contributed by atoms with Crippen molar-refractivity contribution >= 4 is 28.9 Å². The molecule has 1 amide bonds. The van der Waals surface area contributed by atoms with Crippen molar-refractivity contribution in [2.75, 3.05) is 16.8 Å². The van der Waals surface area contributed by atoms with E-state index < -0.39 is 6.04 Å². The van der Waals surface area contributed by atoms with E-state index in [1.807, 2.05) is 12.1 Å². The first-order valence-electron chi connectivity index (χ1n) is 6.78. The van der Waals surface area contributed by atoms with Crippen molar-refractivity contribution in [3.63, 3.8) is 0 Å². The number of benzene rings is 1. The Morgan fingerprint density at radius 1 is 1.47 bits per heavy atom. The first-order valence-corrected chi connectivity index (χ1v) is 7.16. The Balaban J connectivity index is 1.99. The number of nitrogens with one attached hydrogen (secondary N) is 1. The molecule has 0 radical (unpaired) electrons. The summed E-state index contributed by atoms with van der Waals surface area (Å²) >= 11 is 6.39. The Morgan fingerprint density at radius 3 is 2.84 bits per heavy atom. The van der Waals surface area contributed by atoms with Gasteiger partial charge in [0.25, 0.3) is 0 Å². The van der Waals surface area contributed by atoms with Gasteiger partial charge in [-0.15, -0.1) is 0 Å². The molecule has 1 unspecified atom stereocenters. The molecule has 0 saturated heterocycles. The zero-order valence-corrected chi connectivity index (χ0v) is 11.7. The predicted molar refractivity (Wildman–Crippen MR) is 77.7 cm³/mol. The van der Waals surface area contributed by atoms with Crippen LogP contribution in [0.5, 0.6) is 0 Å². The highest BCUT2D eigenvalue weighted by molar-refractivity contribution is 6.33. The van der Waals surface area contributed by atoms with Gasteiger partial charge >= 0.3 is 0 Å². The van der Waals surface area contributed by atoms with Crippen LogP contribution in [0.1, 0.15) is 37.8 Å². The van der Waals surface area contributed by atoms with Crippen LogP contribution in [-0.2, 0) is 4.79 Å². The average molecular weight is 280 g/mol. The van der Waals surface area contributed by atoms with Crippen molar-refractivity contribution in [3.8, 4) is 0 Å². The zero-order valence-electron chi connectivity index (χ0n) is 10.9. The lowest BCUT2D eigenvalue weighted by Crippen LogP contribution is -2.26. The van der Waals surface area contributed by atoms with Gasteiger partial charge < -0.3 is 16.0 Å². The van der Waals surface area contributed by atoms with Crippen molar-refractivity contribution in [1.82, 2.24) is 0 Å². The lowest BCUT2D eigenvalue weighted by atomic mass is 10.1. The fourth-order valence-corrected chi connectivity index (χ4v) is 2.92. The Hall–Kier alpha value is -1.26. The Labute approximate surface area is 117 Å². The van der Waals surface area contributed by atoms with E-state index in [0.29, 0.717) is 11.1 Å². The third kappa shape index (κ3) is 2.19. The second kappa shape index (κ2) is 4.69. The van der Waals surface area contributed by atoms with Crippen LogP contribution < -0.4 is 16.0 Å². The van der Waals surface area contributed by atoms with Crippen molar-refractivity contribution < 1.29 is 4.79 Å². The van der Waals surface area contributed by atoms with Crippen LogP contribution in [0.3, 0.4) is 0 Å². The summed E-state index contributed by atoms with van der Waals surface area (Å²) in [5, 5.41) is 3.51. The third-order valence-electron chi connectivity index (χ3n) is 3.76. The average Bonchev–Trinajstić information content (AvgIpc) is 3.17. The minimum atomic E-state index is -0.595. The number of carbonyl (C=O) groups excluding carboxylic acids is 1. The van der Waals surface area contributed by atoms with Crippen LogP contribution in [0, 0.1) is 0 Å². The summed E-state index contributed by atoms with van der Waals surface area (Å²) in [4.78, 5) is 13.9. The number of hydrogen-bond acceptors (Lipinski definition) is 3. The molecule has 1 fully saturated rings. The molecule has 1 saturated carbocycles. The van der Waals surface area contributed by atoms with Gasteiger partial charge in [-0.3, -0.25) is 4.79 Å². The number of rotatable bonds is 4. The standard InChI is InChI=1S/C14H18ClN3O/c1-2-5-18(8-3-4-8)12-7-11-9(6-10(12)15)13(16)14(19)17-11/h6-8,13H,2-5,16H2,1H3,(H,17,19). The molecule has 3 rings (SSSR count). The van der Waals surface area contributed by atoms with E-state index in [2.05, 4.69) is 17.1 Å². The lowest BCUT2D eigenvalue weighted by Gasteiger charge is -2.26. The van der Waals surface area contributed by atoms with Crippen LogP contribution in [0.4, 0.5) is 11.4 Å². The van der Waals surface area contributed by atoms with Crippen molar-refractivity contribution in [1.29, 1.82) is 0 Å². The quantitative estimate of drug-likeness (QED) is 0.891. The molecule has 1 aromatic carbocycles. The van der Waals surface area contributed by atoms with Crippen molar-refractivity contribution in [2.45, 2.75) is 38.3 Å². The van der Waals surface area contributed by atoms with Crippen LogP contribution in [0.25, 0.3) is 0 Å². The van der Waals surface area contributed by atoms with E-state index in [9.17, 15) is 4.79 Å². The first-order chi connectivity index (χ1) is 9.11. The van der Waals surface area contributed by atoms with Gasteiger partial charge in [0.15, 0.2) is 0 Å². The van der Waals surface area contributed by atoms with E-state index in [1.165, 1.54) is 12.8 Å². The lowest BCUT2D eigenvalue weighted by molar-refractivity contribution is -0.116. The molecular formula is C14H18ClN3O. The summed E-state index contributed by atoms with van der Waals surface area (Å²) in [6, 6.07) is 3.80.